The van der Waals surface area contributed by atoms with Crippen molar-refractivity contribution in [2.45, 2.75) is 69.1 Å². The lowest BCUT2D eigenvalue weighted by Crippen LogP contribution is -2.57. The van der Waals surface area contributed by atoms with E-state index in [4.69, 9.17) is 5.73 Å². The quantitative estimate of drug-likeness (QED) is 0.120. The van der Waals surface area contributed by atoms with Crippen molar-refractivity contribution in [3.8, 4) is 5.75 Å². The van der Waals surface area contributed by atoms with Gasteiger partial charge in [0.1, 0.15) is 23.9 Å². The first-order valence-corrected chi connectivity index (χ1v) is 14.7. The molecule has 12 nitrogen and oxygen atoms in total. The molecule has 4 rings (SSSR count). The summed E-state index contributed by atoms with van der Waals surface area (Å²) >= 11 is 0. The number of aliphatic carboxylic acids is 1. The number of benzene rings is 2. The minimum Gasteiger partial charge on any atom is -0.508 e. The fourth-order valence-corrected chi connectivity index (χ4v) is 5.28. The summed E-state index contributed by atoms with van der Waals surface area (Å²) in [7, 11) is 0. The van der Waals surface area contributed by atoms with Gasteiger partial charge in [-0.25, -0.2) is 4.79 Å². The Hall–Kier alpha value is -4.42. The van der Waals surface area contributed by atoms with Crippen molar-refractivity contribution in [1.29, 1.82) is 0 Å². The van der Waals surface area contributed by atoms with E-state index in [1.807, 2.05) is 24.3 Å². The molecule has 2 heterocycles. The maximum atomic E-state index is 13.6. The first-order chi connectivity index (χ1) is 20.7. The summed E-state index contributed by atoms with van der Waals surface area (Å²) in [5, 5.41) is 31.8. The van der Waals surface area contributed by atoms with E-state index in [1.54, 1.807) is 18.3 Å². The molecule has 4 atom stereocenters. The van der Waals surface area contributed by atoms with Crippen LogP contribution in [0.3, 0.4) is 0 Å². The number of fused-ring (bicyclic) bond motifs is 1. The molecule has 12 heteroatoms. The minimum absolute atomic E-state index is 0.0441. The summed E-state index contributed by atoms with van der Waals surface area (Å²) < 4.78 is 0. The molecule has 1 fully saturated rings. The van der Waals surface area contributed by atoms with Crippen LogP contribution in [0.1, 0.15) is 43.2 Å². The molecular formula is C31H40N6O6. The second-order valence-electron chi connectivity index (χ2n) is 10.9. The van der Waals surface area contributed by atoms with Crippen LogP contribution in [0.15, 0.2) is 54.7 Å². The van der Waals surface area contributed by atoms with Gasteiger partial charge in [-0.2, -0.15) is 0 Å². The van der Waals surface area contributed by atoms with Crippen molar-refractivity contribution in [2.24, 2.45) is 5.73 Å². The molecule has 1 aromatic heterocycles. The summed E-state index contributed by atoms with van der Waals surface area (Å²) in [6, 6.07) is 10.1. The van der Waals surface area contributed by atoms with Crippen molar-refractivity contribution in [1.82, 2.24) is 26.3 Å². The zero-order valence-electron chi connectivity index (χ0n) is 24.0. The SMILES string of the molecule is NCCCCC(NC(=O)C(Cc1ccc(O)cc1)NC(=O)C1CCCN1)C(=O)NC(Cc1c[nH]c2ccccc12)C(=O)O. The molecule has 230 valence electrons. The van der Waals surface area contributed by atoms with Gasteiger partial charge in [0.2, 0.25) is 17.7 Å². The first-order valence-electron chi connectivity index (χ1n) is 14.7. The molecule has 43 heavy (non-hydrogen) atoms. The monoisotopic (exact) mass is 592 g/mol. The van der Waals surface area contributed by atoms with Crippen LogP contribution in [0.2, 0.25) is 0 Å². The predicted molar refractivity (Wildman–Crippen MR) is 161 cm³/mol. The van der Waals surface area contributed by atoms with E-state index in [-0.39, 0.29) is 30.9 Å². The van der Waals surface area contributed by atoms with Gasteiger partial charge in [0.25, 0.3) is 0 Å². The third-order valence-electron chi connectivity index (χ3n) is 7.68. The Bertz CT molecular complexity index is 1400. The van der Waals surface area contributed by atoms with E-state index in [0.717, 1.165) is 22.9 Å². The number of aromatic nitrogens is 1. The molecule has 4 unspecified atom stereocenters. The zero-order valence-corrected chi connectivity index (χ0v) is 24.0. The summed E-state index contributed by atoms with van der Waals surface area (Å²) in [6.45, 7) is 1.11. The Kier molecular flexibility index (Phi) is 11.1. The van der Waals surface area contributed by atoms with Crippen molar-refractivity contribution < 1.29 is 29.4 Å². The van der Waals surface area contributed by atoms with Crippen LogP contribution in [0, 0.1) is 0 Å². The maximum Gasteiger partial charge on any atom is 0.326 e. The molecule has 1 aliphatic heterocycles. The van der Waals surface area contributed by atoms with Gasteiger partial charge in [0.15, 0.2) is 0 Å². The normalized spacial score (nSPS) is 16.7. The Morgan fingerprint density at radius 3 is 2.33 bits per heavy atom. The second kappa shape index (κ2) is 15.2. The van der Waals surface area contributed by atoms with E-state index in [2.05, 4.69) is 26.3 Å². The lowest BCUT2D eigenvalue weighted by molar-refractivity contribution is -0.142. The van der Waals surface area contributed by atoms with Gasteiger partial charge in [-0.1, -0.05) is 30.3 Å². The number of aromatic hydroxyl groups is 1. The van der Waals surface area contributed by atoms with E-state index in [0.29, 0.717) is 37.9 Å². The third-order valence-corrected chi connectivity index (χ3v) is 7.68. The number of nitrogens with two attached hydrogens (primary N) is 1. The van der Waals surface area contributed by atoms with Crippen molar-refractivity contribution in [3.63, 3.8) is 0 Å². The molecule has 0 saturated carbocycles. The largest absolute Gasteiger partial charge is 0.508 e. The Morgan fingerprint density at radius 1 is 0.907 bits per heavy atom. The van der Waals surface area contributed by atoms with E-state index < -0.39 is 42.0 Å². The lowest BCUT2D eigenvalue weighted by atomic mass is 10.0. The Balaban J connectivity index is 1.49. The van der Waals surface area contributed by atoms with Crippen LogP contribution in [0.25, 0.3) is 10.9 Å². The number of carbonyl (C=O) groups is 4. The van der Waals surface area contributed by atoms with Gasteiger partial charge in [-0.15, -0.1) is 0 Å². The molecule has 9 N–H and O–H groups in total. The number of hydrogen-bond donors (Lipinski definition) is 8. The number of carboxylic acids is 1. The topological polar surface area (TPSA) is 199 Å². The first kappa shape index (κ1) is 31.5. The fourth-order valence-electron chi connectivity index (χ4n) is 5.28. The minimum atomic E-state index is -1.23. The number of phenolic OH excluding ortho intramolecular Hbond substituents is 1. The highest BCUT2D eigenvalue weighted by Gasteiger charge is 2.32. The van der Waals surface area contributed by atoms with Crippen molar-refractivity contribution in [2.75, 3.05) is 13.1 Å². The molecule has 1 saturated heterocycles. The van der Waals surface area contributed by atoms with Crippen LogP contribution < -0.4 is 27.0 Å². The van der Waals surface area contributed by atoms with Crippen LogP contribution in [0.5, 0.6) is 5.75 Å². The van der Waals surface area contributed by atoms with Gasteiger partial charge >= 0.3 is 5.97 Å². The molecule has 1 aliphatic rings. The predicted octanol–water partition coefficient (Wildman–Crippen LogP) is 1.08. The zero-order chi connectivity index (χ0) is 30.8. The summed E-state index contributed by atoms with van der Waals surface area (Å²) in [5.41, 5.74) is 7.95. The average molecular weight is 593 g/mol. The number of hydrogen-bond acceptors (Lipinski definition) is 7. The smallest absolute Gasteiger partial charge is 0.326 e. The average Bonchev–Trinajstić information content (AvgIpc) is 3.68. The number of rotatable bonds is 15. The molecule has 2 aromatic carbocycles. The summed E-state index contributed by atoms with van der Waals surface area (Å²) in [5.74, 6) is -2.65. The van der Waals surface area contributed by atoms with Crippen molar-refractivity contribution >= 4 is 34.6 Å². The highest BCUT2D eigenvalue weighted by atomic mass is 16.4. The molecule has 0 bridgehead atoms. The molecule has 0 aliphatic carbocycles. The number of para-hydroxylation sites is 1. The van der Waals surface area contributed by atoms with Crippen LogP contribution in [-0.2, 0) is 32.0 Å². The molecule has 0 radical (unpaired) electrons. The standard InChI is InChI=1S/C31H40N6O6/c32-14-4-3-8-25(29(40)37-27(31(42)43)17-20-18-34-23-7-2-1-6-22(20)23)35-30(41)26(16-19-10-12-21(38)13-11-19)36-28(39)24-9-5-15-33-24/h1-2,6-7,10-13,18,24-27,33-34,38H,3-5,8-9,14-17,32H2,(H,35,41)(H,36,39)(H,37,40)(H,42,43). The van der Waals surface area contributed by atoms with E-state index >= 15 is 0 Å². The lowest BCUT2D eigenvalue weighted by Gasteiger charge is -2.25. The number of carbonyl (C=O) groups excluding carboxylic acids is 3. The molecule has 3 aromatic rings. The second-order valence-corrected chi connectivity index (χ2v) is 10.9. The van der Waals surface area contributed by atoms with E-state index in [1.165, 1.54) is 12.1 Å². The number of unbranched alkanes of at least 4 members (excludes halogenated alkanes) is 1. The summed E-state index contributed by atoms with van der Waals surface area (Å²) in [6.07, 6.45) is 4.76. The number of aromatic amines is 1. The van der Waals surface area contributed by atoms with Crippen LogP contribution >= 0.6 is 0 Å². The summed E-state index contributed by atoms with van der Waals surface area (Å²) in [4.78, 5) is 55.3. The Labute approximate surface area is 249 Å². The van der Waals surface area contributed by atoms with Gasteiger partial charge in [-0.3, -0.25) is 14.4 Å². The molecular weight excluding hydrogens is 552 g/mol. The highest BCUT2D eigenvalue weighted by molar-refractivity contribution is 5.94. The molecule has 3 amide bonds. The molecule has 0 spiro atoms. The fraction of sp³-hybridized carbons (Fsp3) is 0.419. The maximum absolute atomic E-state index is 13.6. The van der Waals surface area contributed by atoms with Crippen molar-refractivity contribution in [3.05, 3.63) is 65.9 Å². The number of carboxylic acid groups (broad SMARTS) is 1. The van der Waals surface area contributed by atoms with Gasteiger partial charge in [-0.05, 0) is 74.5 Å². The van der Waals surface area contributed by atoms with Gasteiger partial charge in [0.05, 0.1) is 6.04 Å². The number of amides is 3. The number of phenols is 1. The number of nitrogens with one attached hydrogen (secondary N) is 5. The van der Waals surface area contributed by atoms with Crippen LogP contribution in [0.4, 0.5) is 0 Å². The Morgan fingerprint density at radius 2 is 1.63 bits per heavy atom. The highest BCUT2D eigenvalue weighted by Crippen LogP contribution is 2.19. The van der Waals surface area contributed by atoms with Gasteiger partial charge < -0.3 is 42.2 Å². The van der Waals surface area contributed by atoms with Gasteiger partial charge in [0, 0.05) is 29.9 Å². The van der Waals surface area contributed by atoms with Crippen LogP contribution in [-0.4, -0.2) is 76.1 Å². The van der Waals surface area contributed by atoms with E-state index in [9.17, 15) is 29.4 Å². The third kappa shape index (κ3) is 8.79. The number of H-pyrrole nitrogens is 1.